The van der Waals surface area contributed by atoms with Gasteiger partial charge in [0.2, 0.25) is 5.91 Å². The molecule has 1 aliphatic heterocycles. The summed E-state index contributed by atoms with van der Waals surface area (Å²) in [5, 5.41) is 0. The quantitative estimate of drug-likeness (QED) is 0.723. The van der Waals surface area contributed by atoms with Gasteiger partial charge in [-0.15, -0.1) is 0 Å². The molecule has 0 saturated heterocycles. The summed E-state index contributed by atoms with van der Waals surface area (Å²) in [7, 11) is 0. The van der Waals surface area contributed by atoms with Gasteiger partial charge in [-0.3, -0.25) is 9.59 Å². The van der Waals surface area contributed by atoms with Crippen molar-refractivity contribution in [3.05, 3.63) is 84.3 Å². The van der Waals surface area contributed by atoms with E-state index in [2.05, 4.69) is 0 Å². The first kappa shape index (κ1) is 16.1. The highest BCUT2D eigenvalue weighted by molar-refractivity contribution is 6.10. The maximum atomic E-state index is 12.9. The predicted octanol–water partition coefficient (Wildman–Crippen LogP) is 3.86. The van der Waals surface area contributed by atoms with E-state index in [0.717, 1.165) is 16.9 Å². The fraction of sp³-hybridized carbons (Fsp3) is 0.143. The van der Waals surface area contributed by atoms with Crippen molar-refractivity contribution in [3.63, 3.8) is 0 Å². The van der Waals surface area contributed by atoms with Crippen LogP contribution in [-0.2, 0) is 11.3 Å². The minimum Gasteiger partial charge on any atom is -0.472 e. The number of anilines is 2. The first-order valence-electron chi connectivity index (χ1n) is 8.51. The van der Waals surface area contributed by atoms with Gasteiger partial charge in [-0.2, -0.15) is 0 Å². The molecule has 1 aliphatic rings. The molecule has 0 saturated carbocycles. The molecule has 2 aromatic carbocycles. The van der Waals surface area contributed by atoms with Crippen molar-refractivity contribution in [2.45, 2.75) is 13.0 Å². The van der Waals surface area contributed by atoms with Crippen LogP contribution in [0, 0.1) is 0 Å². The second-order valence-electron chi connectivity index (χ2n) is 6.17. The van der Waals surface area contributed by atoms with E-state index in [1.165, 1.54) is 12.5 Å². The molecule has 0 aliphatic carbocycles. The summed E-state index contributed by atoms with van der Waals surface area (Å²) in [5.41, 5.74) is 3.00. The summed E-state index contributed by atoms with van der Waals surface area (Å²) < 4.78 is 5.04. The molecular formula is C21H18N2O3. The van der Waals surface area contributed by atoms with E-state index in [1.807, 2.05) is 54.6 Å². The Morgan fingerprint density at radius 1 is 0.962 bits per heavy atom. The lowest BCUT2D eigenvalue weighted by Crippen LogP contribution is -2.32. The van der Waals surface area contributed by atoms with Gasteiger partial charge in [0, 0.05) is 13.0 Å². The van der Waals surface area contributed by atoms with Crippen LogP contribution in [0.2, 0.25) is 0 Å². The van der Waals surface area contributed by atoms with Crippen LogP contribution in [0.1, 0.15) is 22.3 Å². The minimum atomic E-state index is -0.166. The minimum absolute atomic E-state index is 0.00352. The van der Waals surface area contributed by atoms with Gasteiger partial charge < -0.3 is 14.2 Å². The lowest BCUT2D eigenvalue weighted by Gasteiger charge is -2.25. The second kappa shape index (κ2) is 6.88. The van der Waals surface area contributed by atoms with Crippen molar-refractivity contribution >= 4 is 23.2 Å². The Kier molecular flexibility index (Phi) is 4.27. The zero-order chi connectivity index (χ0) is 17.9. The van der Waals surface area contributed by atoms with Crippen LogP contribution >= 0.6 is 0 Å². The summed E-state index contributed by atoms with van der Waals surface area (Å²) in [6.45, 7) is 0.815. The van der Waals surface area contributed by atoms with Crippen molar-refractivity contribution < 1.29 is 14.0 Å². The van der Waals surface area contributed by atoms with E-state index in [0.29, 0.717) is 18.7 Å². The molecule has 5 heteroatoms. The molecule has 0 bridgehead atoms. The van der Waals surface area contributed by atoms with Crippen molar-refractivity contribution in [2.75, 3.05) is 16.3 Å². The third kappa shape index (κ3) is 2.99. The first-order chi connectivity index (χ1) is 12.7. The second-order valence-corrected chi connectivity index (χ2v) is 6.17. The number of carbonyl (C=O) groups excluding carboxylic acids is 2. The monoisotopic (exact) mass is 346 g/mol. The summed E-state index contributed by atoms with van der Waals surface area (Å²) in [5.74, 6) is -0.163. The summed E-state index contributed by atoms with van der Waals surface area (Å²) in [6, 6.07) is 19.0. The lowest BCUT2D eigenvalue weighted by atomic mass is 10.1. The predicted molar refractivity (Wildman–Crippen MR) is 99.1 cm³/mol. The van der Waals surface area contributed by atoms with E-state index in [-0.39, 0.29) is 18.2 Å². The van der Waals surface area contributed by atoms with E-state index < -0.39 is 0 Å². The van der Waals surface area contributed by atoms with Crippen LogP contribution in [0.25, 0.3) is 0 Å². The first-order valence-corrected chi connectivity index (χ1v) is 8.51. The molecule has 26 heavy (non-hydrogen) atoms. The van der Waals surface area contributed by atoms with Crippen LogP contribution in [0.4, 0.5) is 11.4 Å². The third-order valence-corrected chi connectivity index (χ3v) is 4.51. The Bertz CT molecular complexity index is 919. The van der Waals surface area contributed by atoms with Gasteiger partial charge in [0.15, 0.2) is 0 Å². The largest absolute Gasteiger partial charge is 0.472 e. The average molecular weight is 346 g/mol. The lowest BCUT2D eigenvalue weighted by molar-refractivity contribution is -0.118. The topological polar surface area (TPSA) is 53.8 Å². The van der Waals surface area contributed by atoms with Crippen LogP contribution < -0.4 is 9.80 Å². The van der Waals surface area contributed by atoms with E-state index in [9.17, 15) is 9.59 Å². The summed E-state index contributed by atoms with van der Waals surface area (Å²) in [6.07, 6.45) is 3.17. The van der Waals surface area contributed by atoms with E-state index >= 15 is 0 Å². The molecule has 0 atom stereocenters. The Labute approximate surface area is 151 Å². The number of amides is 2. The molecule has 0 N–H and O–H groups in total. The highest BCUT2D eigenvalue weighted by atomic mass is 16.3. The van der Waals surface area contributed by atoms with Crippen LogP contribution in [0.3, 0.4) is 0 Å². The maximum absolute atomic E-state index is 12.9. The molecule has 0 radical (unpaired) electrons. The Balaban J connectivity index is 1.73. The van der Waals surface area contributed by atoms with Gasteiger partial charge in [0.1, 0.15) is 6.26 Å². The van der Waals surface area contributed by atoms with E-state index in [4.69, 9.17) is 4.42 Å². The smallest absolute Gasteiger partial charge is 0.261 e. The fourth-order valence-electron chi connectivity index (χ4n) is 3.21. The Morgan fingerprint density at radius 2 is 1.69 bits per heavy atom. The zero-order valence-corrected chi connectivity index (χ0v) is 14.2. The molecule has 5 nitrogen and oxygen atoms in total. The fourth-order valence-corrected chi connectivity index (χ4v) is 3.21. The summed E-state index contributed by atoms with van der Waals surface area (Å²) >= 11 is 0. The van der Waals surface area contributed by atoms with Crippen LogP contribution in [0.15, 0.2) is 77.6 Å². The molecule has 0 spiro atoms. The standard InChI is InChI=1S/C21H18N2O3/c24-20-10-12-22(21(25)17-11-13-26-15-17)18-8-4-5-9-19(18)23(20)14-16-6-2-1-3-7-16/h1-9,11,13,15H,10,12,14H2. The van der Waals surface area contributed by atoms with Gasteiger partial charge in [0.25, 0.3) is 5.91 Å². The number of carbonyl (C=O) groups is 2. The van der Waals surface area contributed by atoms with Gasteiger partial charge >= 0.3 is 0 Å². The number of furan rings is 1. The van der Waals surface area contributed by atoms with Crippen LogP contribution in [-0.4, -0.2) is 18.4 Å². The Hall–Kier alpha value is -3.34. The van der Waals surface area contributed by atoms with Crippen molar-refractivity contribution in [1.82, 2.24) is 0 Å². The SMILES string of the molecule is O=C1CCN(C(=O)c2ccoc2)c2ccccc2N1Cc1ccccc1. The highest BCUT2D eigenvalue weighted by Gasteiger charge is 2.29. The normalized spacial score (nSPS) is 14.1. The number of benzene rings is 2. The molecule has 0 fully saturated rings. The number of nitrogens with zero attached hydrogens (tertiary/aromatic N) is 2. The van der Waals surface area contributed by atoms with Crippen molar-refractivity contribution in [3.8, 4) is 0 Å². The number of hydrogen-bond acceptors (Lipinski definition) is 3. The van der Waals surface area contributed by atoms with Crippen molar-refractivity contribution in [2.24, 2.45) is 0 Å². The highest BCUT2D eigenvalue weighted by Crippen LogP contribution is 2.34. The molecule has 0 unspecified atom stereocenters. The number of fused-ring (bicyclic) bond motifs is 1. The maximum Gasteiger partial charge on any atom is 0.261 e. The van der Waals surface area contributed by atoms with Gasteiger partial charge in [-0.1, -0.05) is 42.5 Å². The number of para-hydroxylation sites is 2. The molecule has 130 valence electrons. The molecule has 1 aromatic heterocycles. The van der Waals surface area contributed by atoms with Gasteiger partial charge in [0.05, 0.1) is 29.7 Å². The average Bonchev–Trinajstić information content (AvgIpc) is 3.18. The molecule has 2 heterocycles. The molecule has 2 amide bonds. The molecule has 3 aromatic rings. The summed E-state index contributed by atoms with van der Waals surface area (Å²) in [4.78, 5) is 29.1. The van der Waals surface area contributed by atoms with Gasteiger partial charge in [-0.05, 0) is 23.8 Å². The number of rotatable bonds is 3. The van der Waals surface area contributed by atoms with Crippen molar-refractivity contribution in [1.29, 1.82) is 0 Å². The molecule has 4 rings (SSSR count). The number of hydrogen-bond donors (Lipinski definition) is 0. The van der Waals surface area contributed by atoms with Crippen LogP contribution in [0.5, 0.6) is 0 Å². The third-order valence-electron chi connectivity index (χ3n) is 4.51. The zero-order valence-electron chi connectivity index (χ0n) is 14.2. The van der Waals surface area contributed by atoms with E-state index in [1.54, 1.807) is 15.9 Å². The van der Waals surface area contributed by atoms with Gasteiger partial charge in [-0.25, -0.2) is 0 Å². The Morgan fingerprint density at radius 3 is 2.42 bits per heavy atom. The molecular weight excluding hydrogens is 328 g/mol.